The molecule has 2 aliphatic heterocycles. The lowest BCUT2D eigenvalue weighted by atomic mass is 9.98. The Morgan fingerprint density at radius 1 is 1.08 bits per heavy atom. The van der Waals surface area contributed by atoms with Crippen LogP contribution in [0.4, 0.5) is 0 Å². The minimum atomic E-state index is 0.169. The molecule has 2 aliphatic rings. The van der Waals surface area contributed by atoms with Crippen molar-refractivity contribution in [1.82, 2.24) is 9.88 Å². The van der Waals surface area contributed by atoms with E-state index in [4.69, 9.17) is 4.74 Å². The van der Waals surface area contributed by atoms with Crippen molar-refractivity contribution < 1.29 is 9.53 Å². The number of piperidine rings is 1. The molecular weight excluding hydrogens is 332 g/mol. The summed E-state index contributed by atoms with van der Waals surface area (Å²) in [5, 5.41) is 0. The van der Waals surface area contributed by atoms with E-state index < -0.39 is 0 Å². The number of benzene rings is 1. The fraction of sp³-hybridized carbons (Fsp3) is 0.400. The summed E-state index contributed by atoms with van der Waals surface area (Å²) in [5.41, 5.74) is 0.795. The van der Waals surface area contributed by atoms with Crippen LogP contribution >= 0.6 is 11.8 Å². The van der Waals surface area contributed by atoms with Gasteiger partial charge in [-0.2, -0.15) is 0 Å². The first-order valence-corrected chi connectivity index (χ1v) is 10.0. The van der Waals surface area contributed by atoms with Gasteiger partial charge in [-0.05, 0) is 55.5 Å². The Balaban J connectivity index is 1.45. The van der Waals surface area contributed by atoms with Gasteiger partial charge in [0.15, 0.2) is 0 Å². The van der Waals surface area contributed by atoms with Gasteiger partial charge in [0.25, 0.3) is 5.91 Å². The molecule has 2 atom stereocenters. The molecule has 130 valence electrons. The summed E-state index contributed by atoms with van der Waals surface area (Å²) in [6.07, 6.45) is 9.71. The summed E-state index contributed by atoms with van der Waals surface area (Å²) in [4.78, 5) is 20.3. The predicted molar refractivity (Wildman–Crippen MR) is 99.1 cm³/mol. The number of nitrogens with zero attached hydrogens (tertiary/aromatic N) is 2. The molecule has 0 saturated carbocycles. The molecule has 4 rings (SSSR count). The summed E-state index contributed by atoms with van der Waals surface area (Å²) in [5.74, 6) is 1.04. The topological polar surface area (TPSA) is 42.4 Å². The zero-order valence-electron chi connectivity index (χ0n) is 14.3. The first-order valence-electron chi connectivity index (χ1n) is 8.78. The lowest BCUT2D eigenvalue weighted by Gasteiger charge is -2.39. The van der Waals surface area contributed by atoms with E-state index in [-0.39, 0.29) is 12.0 Å². The number of carbonyl (C=O) groups is 1. The summed E-state index contributed by atoms with van der Waals surface area (Å²) >= 11 is 1.69. The van der Waals surface area contributed by atoms with Crippen LogP contribution in [-0.2, 0) is 0 Å². The Kier molecular flexibility index (Phi) is 4.66. The average molecular weight is 354 g/mol. The number of carbonyl (C=O) groups excluding carboxylic acids is 1. The van der Waals surface area contributed by atoms with Gasteiger partial charge in [0.2, 0.25) is 0 Å². The van der Waals surface area contributed by atoms with Gasteiger partial charge in [0, 0.05) is 47.8 Å². The minimum absolute atomic E-state index is 0.169. The van der Waals surface area contributed by atoms with E-state index >= 15 is 0 Å². The second-order valence-corrected chi connectivity index (χ2v) is 7.60. The number of rotatable bonds is 4. The second kappa shape index (κ2) is 7.08. The number of hydrogen-bond acceptors (Lipinski definition) is 4. The smallest absolute Gasteiger partial charge is 0.254 e. The molecule has 4 nitrogen and oxygen atoms in total. The number of ether oxygens (including phenoxy) is 1. The lowest BCUT2D eigenvalue weighted by Crippen LogP contribution is -2.49. The van der Waals surface area contributed by atoms with Crippen LogP contribution in [0.3, 0.4) is 0 Å². The Bertz CT molecular complexity index is 721. The highest BCUT2D eigenvalue weighted by Crippen LogP contribution is 2.38. The SMILES string of the molecule is CSc1ccc(C(=O)N2C3CCC2CC(Oc2ccncc2)C3)cc1. The van der Waals surface area contributed by atoms with Crippen molar-refractivity contribution in [2.45, 2.75) is 48.8 Å². The molecule has 1 aromatic heterocycles. The maximum Gasteiger partial charge on any atom is 0.254 e. The van der Waals surface area contributed by atoms with Crippen LogP contribution in [-0.4, -0.2) is 40.2 Å². The third-order valence-electron chi connectivity index (χ3n) is 5.21. The van der Waals surface area contributed by atoms with E-state index in [0.717, 1.165) is 37.0 Å². The fourth-order valence-electron chi connectivity index (χ4n) is 4.05. The Morgan fingerprint density at radius 3 is 2.32 bits per heavy atom. The lowest BCUT2D eigenvalue weighted by molar-refractivity contribution is 0.0358. The summed E-state index contributed by atoms with van der Waals surface area (Å²) in [7, 11) is 0. The van der Waals surface area contributed by atoms with Gasteiger partial charge in [0.1, 0.15) is 11.9 Å². The van der Waals surface area contributed by atoms with Crippen LogP contribution in [0, 0.1) is 0 Å². The number of pyridine rings is 1. The van der Waals surface area contributed by atoms with Crippen LogP contribution in [0.2, 0.25) is 0 Å². The molecule has 0 aliphatic carbocycles. The van der Waals surface area contributed by atoms with E-state index in [2.05, 4.69) is 9.88 Å². The predicted octanol–water partition coefficient (Wildman–Crippen LogP) is 4.02. The maximum atomic E-state index is 13.0. The first kappa shape index (κ1) is 16.5. The Labute approximate surface area is 152 Å². The first-order chi connectivity index (χ1) is 12.2. The van der Waals surface area contributed by atoms with Gasteiger partial charge in [0.05, 0.1) is 0 Å². The molecule has 2 aromatic rings. The number of hydrogen-bond donors (Lipinski definition) is 0. The van der Waals surface area contributed by atoms with Crippen molar-refractivity contribution in [2.24, 2.45) is 0 Å². The molecule has 2 saturated heterocycles. The van der Waals surface area contributed by atoms with Gasteiger partial charge in [-0.1, -0.05) is 0 Å². The number of thioether (sulfide) groups is 1. The van der Waals surface area contributed by atoms with E-state index in [9.17, 15) is 4.79 Å². The van der Waals surface area contributed by atoms with Crippen molar-refractivity contribution in [1.29, 1.82) is 0 Å². The van der Waals surface area contributed by atoms with Gasteiger partial charge in [-0.15, -0.1) is 11.8 Å². The highest BCUT2D eigenvalue weighted by atomic mass is 32.2. The van der Waals surface area contributed by atoms with Crippen LogP contribution in [0.1, 0.15) is 36.0 Å². The molecule has 25 heavy (non-hydrogen) atoms. The summed E-state index contributed by atoms with van der Waals surface area (Å²) in [6.45, 7) is 0. The molecule has 1 aromatic carbocycles. The third kappa shape index (κ3) is 3.38. The Hall–Kier alpha value is -2.01. The standard InChI is InChI=1S/C20H22N2O2S/c1-25-19-6-2-14(3-7-19)20(23)22-15-4-5-16(22)13-18(12-15)24-17-8-10-21-11-9-17/h2-3,6-11,15-16,18H,4-5,12-13H2,1H3. The molecule has 0 spiro atoms. The molecule has 1 amide bonds. The quantitative estimate of drug-likeness (QED) is 0.778. The van der Waals surface area contributed by atoms with E-state index in [1.54, 1.807) is 24.2 Å². The molecule has 2 fully saturated rings. The zero-order chi connectivity index (χ0) is 17.2. The van der Waals surface area contributed by atoms with Crippen molar-refractivity contribution >= 4 is 17.7 Å². The molecule has 5 heteroatoms. The van der Waals surface area contributed by atoms with Gasteiger partial charge in [-0.3, -0.25) is 9.78 Å². The van der Waals surface area contributed by atoms with Crippen LogP contribution in [0.5, 0.6) is 5.75 Å². The average Bonchev–Trinajstić information content (AvgIpc) is 2.92. The molecule has 2 bridgehead atoms. The van der Waals surface area contributed by atoms with E-state index in [1.165, 1.54) is 4.90 Å². The Morgan fingerprint density at radius 2 is 1.72 bits per heavy atom. The third-order valence-corrected chi connectivity index (χ3v) is 5.96. The monoisotopic (exact) mass is 354 g/mol. The van der Waals surface area contributed by atoms with E-state index in [1.807, 2.05) is 42.7 Å². The zero-order valence-corrected chi connectivity index (χ0v) is 15.1. The van der Waals surface area contributed by atoms with Crippen molar-refractivity contribution in [2.75, 3.05) is 6.26 Å². The van der Waals surface area contributed by atoms with Gasteiger partial charge in [-0.25, -0.2) is 0 Å². The van der Waals surface area contributed by atoms with Crippen molar-refractivity contribution in [3.8, 4) is 5.75 Å². The molecule has 0 N–H and O–H groups in total. The maximum absolute atomic E-state index is 13.0. The normalized spacial score (nSPS) is 25.0. The number of fused-ring (bicyclic) bond motifs is 2. The van der Waals surface area contributed by atoms with E-state index in [0.29, 0.717) is 12.1 Å². The van der Waals surface area contributed by atoms with Gasteiger partial charge >= 0.3 is 0 Å². The molecular formula is C20H22N2O2S. The molecule has 3 heterocycles. The minimum Gasteiger partial charge on any atom is -0.490 e. The summed E-state index contributed by atoms with van der Waals surface area (Å²) < 4.78 is 6.12. The molecule has 2 unspecified atom stereocenters. The highest BCUT2D eigenvalue weighted by molar-refractivity contribution is 7.98. The van der Waals surface area contributed by atoms with Crippen LogP contribution in [0.25, 0.3) is 0 Å². The molecule has 0 radical (unpaired) electrons. The highest BCUT2D eigenvalue weighted by Gasteiger charge is 2.44. The van der Waals surface area contributed by atoms with Crippen LogP contribution < -0.4 is 4.74 Å². The van der Waals surface area contributed by atoms with Crippen LogP contribution in [0.15, 0.2) is 53.7 Å². The fourth-order valence-corrected chi connectivity index (χ4v) is 4.46. The van der Waals surface area contributed by atoms with Gasteiger partial charge < -0.3 is 9.64 Å². The number of amides is 1. The second-order valence-electron chi connectivity index (χ2n) is 6.72. The number of aromatic nitrogens is 1. The summed E-state index contributed by atoms with van der Waals surface area (Å²) in [6, 6.07) is 12.3. The largest absolute Gasteiger partial charge is 0.490 e. The van der Waals surface area contributed by atoms with Crippen molar-refractivity contribution in [3.63, 3.8) is 0 Å². The van der Waals surface area contributed by atoms with Crippen molar-refractivity contribution in [3.05, 3.63) is 54.4 Å².